The van der Waals surface area contributed by atoms with Crippen molar-refractivity contribution in [2.45, 2.75) is 63.1 Å². The number of hydrogen-bond donors (Lipinski definition) is 1. The van der Waals surface area contributed by atoms with Crippen LogP contribution in [0.5, 0.6) is 0 Å². The molecule has 206 valence electrons. The Hall–Kier alpha value is -3.36. The van der Waals surface area contributed by atoms with E-state index >= 15 is 0 Å². The summed E-state index contributed by atoms with van der Waals surface area (Å²) in [6.45, 7) is 3.17. The minimum atomic E-state index is -4.08. The smallest absolute Gasteiger partial charge is 0.264 e. The molecule has 7 nitrogen and oxygen atoms in total. The van der Waals surface area contributed by atoms with Gasteiger partial charge in [0.25, 0.3) is 10.0 Å². The molecule has 0 saturated heterocycles. The van der Waals surface area contributed by atoms with Crippen LogP contribution in [-0.4, -0.2) is 43.8 Å². The second kappa shape index (κ2) is 12.7. The van der Waals surface area contributed by atoms with Gasteiger partial charge in [0.05, 0.1) is 10.6 Å². The summed E-state index contributed by atoms with van der Waals surface area (Å²) in [6.07, 6.45) is 3.95. The summed E-state index contributed by atoms with van der Waals surface area (Å²) in [4.78, 5) is 28.7. The third-order valence-corrected chi connectivity index (χ3v) is 9.03. The van der Waals surface area contributed by atoms with E-state index < -0.39 is 28.5 Å². The minimum Gasteiger partial charge on any atom is -0.352 e. The second-order valence-electron chi connectivity index (χ2n) is 9.98. The van der Waals surface area contributed by atoms with E-state index in [9.17, 15) is 18.0 Å². The third kappa shape index (κ3) is 7.19. The summed E-state index contributed by atoms with van der Waals surface area (Å²) in [5.41, 5.74) is 1.97. The molecule has 1 atom stereocenters. The van der Waals surface area contributed by atoms with Crippen molar-refractivity contribution in [3.8, 4) is 0 Å². The Labute approximate surface area is 235 Å². The number of rotatable bonds is 10. The molecule has 0 unspecified atom stereocenters. The largest absolute Gasteiger partial charge is 0.352 e. The molecule has 0 bridgehead atoms. The molecule has 1 fully saturated rings. The molecule has 9 heteroatoms. The van der Waals surface area contributed by atoms with E-state index in [1.165, 1.54) is 17.0 Å². The van der Waals surface area contributed by atoms with Gasteiger partial charge in [0.15, 0.2) is 0 Å². The molecule has 3 aromatic carbocycles. The van der Waals surface area contributed by atoms with Crippen LogP contribution in [-0.2, 0) is 26.2 Å². The van der Waals surface area contributed by atoms with Crippen molar-refractivity contribution in [1.29, 1.82) is 0 Å². The standard InChI is InChI=1S/C30H34ClN3O4S/c1-22-10-8-15-27(18-22)34(39(37,38)28-16-4-3-5-17-28)21-29(35)33(20-24-11-9-12-25(31)19-24)23(2)30(36)32-26-13-6-7-14-26/h3-5,8-12,15-19,23,26H,6-7,13-14,20-21H2,1-2H3,(H,32,36)/t23-/m0/s1. The van der Waals surface area contributed by atoms with Crippen LogP contribution in [0.2, 0.25) is 5.02 Å². The van der Waals surface area contributed by atoms with Gasteiger partial charge < -0.3 is 10.2 Å². The zero-order valence-electron chi connectivity index (χ0n) is 22.2. The molecular weight excluding hydrogens is 534 g/mol. The highest BCUT2D eigenvalue weighted by Gasteiger charge is 2.33. The van der Waals surface area contributed by atoms with Gasteiger partial charge in [-0.2, -0.15) is 0 Å². The van der Waals surface area contributed by atoms with Gasteiger partial charge in [0.1, 0.15) is 12.6 Å². The van der Waals surface area contributed by atoms with E-state index in [0.717, 1.165) is 41.1 Å². The van der Waals surface area contributed by atoms with Crippen molar-refractivity contribution in [3.05, 3.63) is 95.0 Å². The average Bonchev–Trinajstić information content (AvgIpc) is 3.43. The van der Waals surface area contributed by atoms with Crippen LogP contribution < -0.4 is 9.62 Å². The number of amides is 2. The lowest BCUT2D eigenvalue weighted by molar-refractivity contribution is -0.139. The first kappa shape index (κ1) is 28.6. The van der Waals surface area contributed by atoms with E-state index in [2.05, 4.69) is 5.32 Å². The fraction of sp³-hybridized carbons (Fsp3) is 0.333. The van der Waals surface area contributed by atoms with Gasteiger partial charge in [-0.05, 0) is 74.2 Å². The molecule has 4 rings (SSSR count). The first-order valence-corrected chi connectivity index (χ1v) is 15.0. The van der Waals surface area contributed by atoms with E-state index in [0.29, 0.717) is 10.7 Å². The lowest BCUT2D eigenvalue weighted by Crippen LogP contribution is -2.52. The number of carbonyl (C=O) groups is 2. The summed E-state index contributed by atoms with van der Waals surface area (Å²) >= 11 is 6.20. The Morgan fingerprint density at radius 1 is 0.974 bits per heavy atom. The summed E-state index contributed by atoms with van der Waals surface area (Å²) in [6, 6.07) is 21.4. The topological polar surface area (TPSA) is 86.8 Å². The summed E-state index contributed by atoms with van der Waals surface area (Å²) < 4.78 is 28.7. The van der Waals surface area contributed by atoms with Crippen LogP contribution in [0.3, 0.4) is 0 Å². The molecule has 2 amide bonds. The van der Waals surface area contributed by atoms with Gasteiger partial charge in [-0.15, -0.1) is 0 Å². The van der Waals surface area contributed by atoms with Gasteiger partial charge in [0, 0.05) is 17.6 Å². The molecule has 39 heavy (non-hydrogen) atoms. The van der Waals surface area contributed by atoms with Gasteiger partial charge in [-0.25, -0.2) is 8.42 Å². The van der Waals surface area contributed by atoms with Crippen molar-refractivity contribution < 1.29 is 18.0 Å². The molecule has 3 aromatic rings. The number of halogens is 1. The number of benzene rings is 3. The molecule has 0 aliphatic heterocycles. The molecule has 0 aromatic heterocycles. The predicted octanol–water partition coefficient (Wildman–Crippen LogP) is 5.32. The lowest BCUT2D eigenvalue weighted by atomic mass is 10.1. The quantitative estimate of drug-likeness (QED) is 0.359. The molecule has 0 spiro atoms. The highest BCUT2D eigenvalue weighted by Crippen LogP contribution is 2.26. The maximum atomic E-state index is 14.0. The number of hydrogen-bond acceptors (Lipinski definition) is 4. The van der Waals surface area contributed by atoms with Crippen molar-refractivity contribution in [3.63, 3.8) is 0 Å². The Morgan fingerprint density at radius 3 is 2.33 bits per heavy atom. The molecule has 0 heterocycles. The second-order valence-corrected chi connectivity index (χ2v) is 12.3. The van der Waals surface area contributed by atoms with E-state index in [4.69, 9.17) is 11.6 Å². The number of aryl methyl sites for hydroxylation is 1. The Bertz CT molecular complexity index is 1410. The van der Waals surface area contributed by atoms with Crippen LogP contribution in [0.4, 0.5) is 5.69 Å². The fourth-order valence-corrected chi connectivity index (χ4v) is 6.48. The number of nitrogens with zero attached hydrogens (tertiary/aromatic N) is 2. The van der Waals surface area contributed by atoms with E-state index in [1.54, 1.807) is 61.5 Å². The SMILES string of the molecule is Cc1cccc(N(CC(=O)N(Cc2cccc(Cl)c2)[C@@H](C)C(=O)NC2CCCC2)S(=O)(=O)c2ccccc2)c1. The van der Waals surface area contributed by atoms with Crippen molar-refractivity contribution in [1.82, 2.24) is 10.2 Å². The molecule has 0 radical (unpaired) electrons. The highest BCUT2D eigenvalue weighted by atomic mass is 35.5. The maximum absolute atomic E-state index is 14.0. The van der Waals surface area contributed by atoms with Crippen LogP contribution in [0.15, 0.2) is 83.8 Å². The number of anilines is 1. The lowest BCUT2D eigenvalue weighted by Gasteiger charge is -2.32. The van der Waals surface area contributed by atoms with Crippen molar-refractivity contribution in [2.24, 2.45) is 0 Å². The Balaban J connectivity index is 1.68. The molecular formula is C30H34ClN3O4S. The first-order chi connectivity index (χ1) is 18.6. The summed E-state index contributed by atoms with van der Waals surface area (Å²) in [5.74, 6) is -0.754. The van der Waals surface area contributed by atoms with Gasteiger partial charge >= 0.3 is 0 Å². The zero-order valence-corrected chi connectivity index (χ0v) is 23.8. The Kier molecular flexibility index (Phi) is 9.30. The van der Waals surface area contributed by atoms with Gasteiger partial charge in [-0.3, -0.25) is 13.9 Å². The first-order valence-electron chi connectivity index (χ1n) is 13.1. The van der Waals surface area contributed by atoms with Crippen LogP contribution in [0.1, 0.15) is 43.7 Å². The maximum Gasteiger partial charge on any atom is 0.264 e. The molecule has 1 aliphatic carbocycles. The number of nitrogens with one attached hydrogen (secondary N) is 1. The van der Waals surface area contributed by atoms with Gasteiger partial charge in [-0.1, -0.05) is 66.9 Å². The predicted molar refractivity (Wildman–Crippen MR) is 154 cm³/mol. The van der Waals surface area contributed by atoms with Gasteiger partial charge in [0.2, 0.25) is 11.8 Å². The highest BCUT2D eigenvalue weighted by molar-refractivity contribution is 7.92. The molecule has 1 aliphatic rings. The normalized spacial score (nSPS) is 14.5. The van der Waals surface area contributed by atoms with E-state index in [1.807, 2.05) is 19.1 Å². The molecule has 1 N–H and O–H groups in total. The minimum absolute atomic E-state index is 0.0766. The molecule has 1 saturated carbocycles. The van der Waals surface area contributed by atoms with Crippen LogP contribution >= 0.6 is 11.6 Å². The monoisotopic (exact) mass is 567 g/mol. The van der Waals surface area contributed by atoms with Crippen molar-refractivity contribution >= 4 is 39.1 Å². The summed E-state index contributed by atoms with van der Waals surface area (Å²) in [5, 5.41) is 3.58. The summed E-state index contributed by atoms with van der Waals surface area (Å²) in [7, 11) is -4.08. The average molecular weight is 568 g/mol. The van der Waals surface area contributed by atoms with E-state index in [-0.39, 0.29) is 23.4 Å². The van der Waals surface area contributed by atoms with Crippen LogP contribution in [0.25, 0.3) is 0 Å². The zero-order chi connectivity index (χ0) is 28.0. The fourth-order valence-electron chi connectivity index (χ4n) is 4.84. The number of sulfonamides is 1. The number of carbonyl (C=O) groups excluding carboxylic acids is 2. The third-order valence-electron chi connectivity index (χ3n) is 7.01. The van der Waals surface area contributed by atoms with Crippen LogP contribution in [0, 0.1) is 6.92 Å². The van der Waals surface area contributed by atoms with Crippen molar-refractivity contribution in [2.75, 3.05) is 10.8 Å². The Morgan fingerprint density at radius 2 is 1.67 bits per heavy atom.